The normalized spacial score (nSPS) is 11.2. The maximum atomic E-state index is 12.0. The number of nitriles is 1. The van der Waals surface area contributed by atoms with Crippen molar-refractivity contribution in [3.05, 3.63) is 24.3 Å². The minimum absolute atomic E-state index is 0.0155. The zero-order valence-corrected chi connectivity index (χ0v) is 11.3. The maximum absolute atomic E-state index is 12.0. The van der Waals surface area contributed by atoms with Crippen molar-refractivity contribution >= 4 is 9.84 Å². The van der Waals surface area contributed by atoms with Crippen molar-refractivity contribution in [2.24, 2.45) is 0 Å². The standard InChI is InChI=1S/C12H16N2O3S/c1-14(7-6-13)8-9-18(15,16)12-5-3-4-11(10-12)17-2/h3-5,10H,7-9H2,1-2H3. The Morgan fingerprint density at radius 3 is 2.78 bits per heavy atom. The Balaban J connectivity index is 2.77. The first-order chi connectivity index (χ1) is 8.49. The van der Waals surface area contributed by atoms with E-state index in [2.05, 4.69) is 0 Å². The van der Waals surface area contributed by atoms with E-state index in [0.717, 1.165) is 0 Å². The molecule has 0 saturated carbocycles. The fourth-order valence-corrected chi connectivity index (χ4v) is 2.76. The van der Waals surface area contributed by atoms with Crippen LogP contribution in [0.4, 0.5) is 0 Å². The highest BCUT2D eigenvalue weighted by Crippen LogP contribution is 2.18. The highest BCUT2D eigenvalue weighted by Gasteiger charge is 2.15. The minimum Gasteiger partial charge on any atom is -0.497 e. The molecule has 0 N–H and O–H groups in total. The number of rotatable bonds is 6. The molecule has 0 aliphatic heterocycles. The molecule has 0 spiro atoms. The fraction of sp³-hybridized carbons (Fsp3) is 0.417. The molecule has 0 fully saturated rings. The zero-order valence-electron chi connectivity index (χ0n) is 10.5. The molecule has 0 atom stereocenters. The van der Waals surface area contributed by atoms with Gasteiger partial charge in [0, 0.05) is 6.54 Å². The summed E-state index contributed by atoms with van der Waals surface area (Å²) >= 11 is 0. The van der Waals surface area contributed by atoms with Crippen molar-refractivity contribution in [1.29, 1.82) is 5.26 Å². The van der Waals surface area contributed by atoms with Crippen molar-refractivity contribution < 1.29 is 13.2 Å². The summed E-state index contributed by atoms with van der Waals surface area (Å²) < 4.78 is 29.1. The van der Waals surface area contributed by atoms with E-state index in [9.17, 15) is 8.42 Å². The smallest absolute Gasteiger partial charge is 0.179 e. The summed E-state index contributed by atoms with van der Waals surface area (Å²) in [4.78, 5) is 1.91. The van der Waals surface area contributed by atoms with Crippen LogP contribution in [-0.4, -0.2) is 46.3 Å². The highest BCUT2D eigenvalue weighted by atomic mass is 32.2. The molecule has 0 unspecified atom stereocenters. The van der Waals surface area contributed by atoms with E-state index in [0.29, 0.717) is 12.3 Å². The lowest BCUT2D eigenvalue weighted by molar-refractivity contribution is 0.396. The largest absolute Gasteiger partial charge is 0.497 e. The van der Waals surface area contributed by atoms with E-state index in [4.69, 9.17) is 10.00 Å². The molecule has 1 rings (SSSR count). The van der Waals surface area contributed by atoms with E-state index in [1.807, 2.05) is 6.07 Å². The van der Waals surface area contributed by atoms with Crippen molar-refractivity contribution in [2.75, 3.05) is 33.0 Å². The molecule has 0 bridgehead atoms. The van der Waals surface area contributed by atoms with Gasteiger partial charge in [-0.1, -0.05) is 6.07 Å². The van der Waals surface area contributed by atoms with Gasteiger partial charge in [0.2, 0.25) is 0 Å². The Bertz CT molecular complexity index is 534. The molecular weight excluding hydrogens is 252 g/mol. The topological polar surface area (TPSA) is 70.4 Å². The third-order valence-electron chi connectivity index (χ3n) is 2.48. The van der Waals surface area contributed by atoms with Crippen LogP contribution < -0.4 is 4.74 Å². The Morgan fingerprint density at radius 2 is 2.17 bits per heavy atom. The molecule has 0 radical (unpaired) electrons. The quantitative estimate of drug-likeness (QED) is 0.718. The number of sulfone groups is 1. The van der Waals surface area contributed by atoms with E-state index in [1.165, 1.54) is 13.2 Å². The second-order valence-electron chi connectivity index (χ2n) is 3.89. The average molecular weight is 268 g/mol. The number of benzene rings is 1. The highest BCUT2D eigenvalue weighted by molar-refractivity contribution is 7.91. The lowest BCUT2D eigenvalue weighted by Gasteiger charge is -2.12. The second kappa shape index (κ2) is 6.38. The number of hydrogen-bond acceptors (Lipinski definition) is 5. The molecule has 1 aromatic rings. The molecule has 0 heterocycles. The lowest BCUT2D eigenvalue weighted by atomic mass is 10.3. The number of ether oxygens (including phenoxy) is 1. The van der Waals surface area contributed by atoms with Gasteiger partial charge in [-0.2, -0.15) is 5.26 Å². The Labute approximate surface area is 108 Å². The monoisotopic (exact) mass is 268 g/mol. The van der Waals surface area contributed by atoms with E-state index in [-0.39, 0.29) is 17.2 Å². The van der Waals surface area contributed by atoms with Crippen LogP contribution in [0.25, 0.3) is 0 Å². The molecule has 1 aromatic carbocycles. The van der Waals surface area contributed by atoms with Gasteiger partial charge in [0.1, 0.15) is 5.75 Å². The predicted molar refractivity (Wildman–Crippen MR) is 68.2 cm³/mol. The van der Waals surface area contributed by atoms with Crippen LogP contribution in [0.5, 0.6) is 5.75 Å². The minimum atomic E-state index is -3.34. The third kappa shape index (κ3) is 4.02. The number of nitrogens with zero attached hydrogens (tertiary/aromatic N) is 2. The fourth-order valence-electron chi connectivity index (χ4n) is 1.39. The van der Waals surface area contributed by atoms with Crippen LogP contribution in [0.15, 0.2) is 29.2 Å². The van der Waals surface area contributed by atoms with Gasteiger partial charge in [0.25, 0.3) is 0 Å². The Morgan fingerprint density at radius 1 is 1.44 bits per heavy atom. The van der Waals surface area contributed by atoms with Gasteiger partial charge in [-0.25, -0.2) is 8.42 Å². The Hall–Kier alpha value is -1.58. The number of methoxy groups -OCH3 is 1. The van der Waals surface area contributed by atoms with Gasteiger partial charge < -0.3 is 4.74 Å². The summed E-state index contributed by atoms with van der Waals surface area (Å²) in [5, 5.41) is 8.49. The molecule has 18 heavy (non-hydrogen) atoms. The van der Waals surface area contributed by atoms with Crippen molar-refractivity contribution in [1.82, 2.24) is 4.90 Å². The molecule has 0 aliphatic carbocycles. The predicted octanol–water partition coefficient (Wildman–Crippen LogP) is 0.924. The molecule has 98 valence electrons. The average Bonchev–Trinajstić information content (AvgIpc) is 2.37. The molecule has 0 aliphatic rings. The van der Waals surface area contributed by atoms with Gasteiger partial charge in [-0.3, -0.25) is 4.90 Å². The first kappa shape index (κ1) is 14.5. The van der Waals surface area contributed by atoms with E-state index < -0.39 is 9.84 Å². The summed E-state index contributed by atoms with van der Waals surface area (Å²) in [5.41, 5.74) is 0. The van der Waals surface area contributed by atoms with Gasteiger partial charge in [-0.15, -0.1) is 0 Å². The molecule has 0 saturated heterocycles. The summed E-state index contributed by atoms with van der Waals surface area (Å²) in [5.74, 6) is 0.500. The first-order valence-electron chi connectivity index (χ1n) is 5.42. The summed E-state index contributed by atoms with van der Waals surface area (Å²) in [7, 11) is -0.132. The lowest BCUT2D eigenvalue weighted by Crippen LogP contribution is -2.26. The van der Waals surface area contributed by atoms with Crippen LogP contribution in [0, 0.1) is 11.3 Å². The van der Waals surface area contributed by atoms with Crippen molar-refractivity contribution in [3.8, 4) is 11.8 Å². The SMILES string of the molecule is COc1cccc(S(=O)(=O)CCN(C)CC#N)c1. The third-order valence-corrected chi connectivity index (χ3v) is 4.17. The Kier molecular flexibility index (Phi) is 5.13. The maximum Gasteiger partial charge on any atom is 0.179 e. The van der Waals surface area contributed by atoms with Crippen molar-refractivity contribution in [3.63, 3.8) is 0 Å². The molecule has 0 amide bonds. The molecular formula is C12H16N2O3S. The molecule has 6 heteroatoms. The van der Waals surface area contributed by atoms with Gasteiger partial charge >= 0.3 is 0 Å². The molecule has 5 nitrogen and oxygen atoms in total. The van der Waals surface area contributed by atoms with Crippen LogP contribution in [-0.2, 0) is 9.84 Å². The van der Waals surface area contributed by atoms with Crippen molar-refractivity contribution in [2.45, 2.75) is 4.90 Å². The van der Waals surface area contributed by atoms with Crippen LogP contribution in [0.3, 0.4) is 0 Å². The van der Waals surface area contributed by atoms with Crippen LogP contribution in [0.2, 0.25) is 0 Å². The van der Waals surface area contributed by atoms with Gasteiger partial charge in [0.05, 0.1) is 30.4 Å². The summed E-state index contributed by atoms with van der Waals surface area (Å²) in [6, 6.07) is 8.36. The van der Waals surface area contributed by atoms with Gasteiger partial charge in [-0.05, 0) is 25.2 Å². The van der Waals surface area contributed by atoms with E-state index >= 15 is 0 Å². The van der Waals surface area contributed by atoms with Crippen LogP contribution >= 0.6 is 0 Å². The van der Waals surface area contributed by atoms with E-state index in [1.54, 1.807) is 30.1 Å². The second-order valence-corrected chi connectivity index (χ2v) is 6.00. The molecule has 0 aromatic heterocycles. The zero-order chi connectivity index (χ0) is 13.6. The summed E-state index contributed by atoms with van der Waals surface area (Å²) in [6.07, 6.45) is 0. The van der Waals surface area contributed by atoms with Gasteiger partial charge in [0.15, 0.2) is 9.84 Å². The summed E-state index contributed by atoms with van der Waals surface area (Å²) in [6.45, 7) is 0.542. The first-order valence-corrected chi connectivity index (χ1v) is 7.07. The van der Waals surface area contributed by atoms with Crippen LogP contribution in [0.1, 0.15) is 0 Å². The number of hydrogen-bond donors (Lipinski definition) is 0.